The topological polar surface area (TPSA) is 66.9 Å². The van der Waals surface area contributed by atoms with Crippen LogP contribution in [0.2, 0.25) is 0 Å². The number of carbonyl (C=O) groups excluding carboxylic acids is 1. The predicted molar refractivity (Wildman–Crippen MR) is 117 cm³/mol. The zero-order valence-electron chi connectivity index (χ0n) is 15.8. The Bertz CT molecular complexity index is 855. The third-order valence-corrected chi connectivity index (χ3v) is 6.15. The summed E-state index contributed by atoms with van der Waals surface area (Å²) in [7, 11) is 0. The summed E-state index contributed by atoms with van der Waals surface area (Å²) >= 11 is 2.89. The van der Waals surface area contributed by atoms with Gasteiger partial charge < -0.3 is 10.6 Å². The molecule has 3 rings (SSSR count). The average molecular weight is 413 g/mol. The standard InChI is InChI=1S/C21H24N4OS2/c1-2-9-18(17-12-7-4-8-13-17)23-19(26)15-27-21-25-24-20(28-21)22-14-16-10-5-3-6-11-16/h3-8,10-13,18H,2,9,14-15H2,1H3,(H,22,24)(H,23,26). The highest BCUT2D eigenvalue weighted by Gasteiger charge is 2.14. The molecule has 0 aliphatic heterocycles. The second kappa shape index (κ2) is 10.8. The van der Waals surface area contributed by atoms with E-state index in [2.05, 4.69) is 52.0 Å². The van der Waals surface area contributed by atoms with Crippen LogP contribution in [-0.4, -0.2) is 21.9 Å². The third kappa shape index (κ3) is 6.35. The normalized spacial score (nSPS) is 11.8. The van der Waals surface area contributed by atoms with Gasteiger partial charge in [0.2, 0.25) is 11.0 Å². The van der Waals surface area contributed by atoms with Crippen molar-refractivity contribution in [2.45, 2.75) is 36.7 Å². The van der Waals surface area contributed by atoms with Crippen molar-refractivity contribution >= 4 is 34.1 Å². The van der Waals surface area contributed by atoms with E-state index in [1.54, 1.807) is 0 Å². The Morgan fingerprint density at radius 1 is 1.07 bits per heavy atom. The molecule has 0 spiro atoms. The van der Waals surface area contributed by atoms with Crippen LogP contribution in [0.15, 0.2) is 65.0 Å². The van der Waals surface area contributed by atoms with Gasteiger partial charge in [0.1, 0.15) is 0 Å². The minimum atomic E-state index is 0.0151. The molecule has 1 atom stereocenters. The molecule has 0 saturated carbocycles. The lowest BCUT2D eigenvalue weighted by atomic mass is 10.0. The van der Waals surface area contributed by atoms with Gasteiger partial charge in [0.15, 0.2) is 4.34 Å². The molecule has 2 N–H and O–H groups in total. The van der Waals surface area contributed by atoms with Crippen LogP contribution in [0.25, 0.3) is 0 Å². The molecule has 0 bridgehead atoms. The SMILES string of the molecule is CCCC(NC(=O)CSc1nnc(NCc2ccccc2)s1)c1ccccc1. The van der Waals surface area contributed by atoms with E-state index in [0.29, 0.717) is 12.3 Å². The smallest absolute Gasteiger partial charge is 0.230 e. The Kier molecular flexibility index (Phi) is 7.87. The summed E-state index contributed by atoms with van der Waals surface area (Å²) in [6, 6.07) is 20.3. The zero-order valence-corrected chi connectivity index (χ0v) is 17.4. The summed E-state index contributed by atoms with van der Waals surface area (Å²) in [5.41, 5.74) is 2.33. The molecule has 28 heavy (non-hydrogen) atoms. The summed E-state index contributed by atoms with van der Waals surface area (Å²) < 4.78 is 0.789. The minimum absolute atomic E-state index is 0.0151. The molecule has 1 heterocycles. The van der Waals surface area contributed by atoms with E-state index < -0.39 is 0 Å². The molecule has 3 aromatic rings. The van der Waals surface area contributed by atoms with Crippen LogP contribution in [0.5, 0.6) is 0 Å². The Morgan fingerprint density at radius 3 is 2.50 bits per heavy atom. The molecule has 0 radical (unpaired) electrons. The number of nitrogens with zero attached hydrogens (tertiary/aromatic N) is 2. The molecule has 5 nitrogen and oxygen atoms in total. The molecule has 146 valence electrons. The lowest BCUT2D eigenvalue weighted by molar-refractivity contribution is -0.119. The van der Waals surface area contributed by atoms with E-state index in [1.807, 2.05) is 36.4 Å². The fraction of sp³-hybridized carbons (Fsp3) is 0.286. The molecule has 0 saturated heterocycles. The number of hydrogen-bond acceptors (Lipinski definition) is 6. The van der Waals surface area contributed by atoms with Gasteiger partial charge in [-0.05, 0) is 17.5 Å². The van der Waals surface area contributed by atoms with Crippen molar-refractivity contribution in [2.24, 2.45) is 0 Å². The molecule has 0 aliphatic carbocycles. The number of nitrogens with one attached hydrogen (secondary N) is 2. The van der Waals surface area contributed by atoms with E-state index in [9.17, 15) is 4.79 Å². The van der Waals surface area contributed by atoms with Crippen molar-refractivity contribution in [3.05, 3.63) is 71.8 Å². The maximum atomic E-state index is 12.4. The van der Waals surface area contributed by atoms with E-state index in [-0.39, 0.29) is 11.9 Å². The van der Waals surface area contributed by atoms with Gasteiger partial charge in [-0.2, -0.15) is 0 Å². The van der Waals surface area contributed by atoms with Crippen LogP contribution < -0.4 is 10.6 Å². The number of amides is 1. The Hall–Kier alpha value is -2.38. The van der Waals surface area contributed by atoms with Gasteiger partial charge in [-0.15, -0.1) is 10.2 Å². The van der Waals surface area contributed by atoms with Crippen molar-refractivity contribution in [1.29, 1.82) is 0 Å². The van der Waals surface area contributed by atoms with Gasteiger partial charge in [-0.25, -0.2) is 0 Å². The van der Waals surface area contributed by atoms with Gasteiger partial charge in [0.25, 0.3) is 0 Å². The molecule has 1 aromatic heterocycles. The Balaban J connectivity index is 1.47. The quantitative estimate of drug-likeness (QED) is 0.464. The number of aromatic nitrogens is 2. The lowest BCUT2D eigenvalue weighted by Gasteiger charge is -2.18. The van der Waals surface area contributed by atoms with Crippen molar-refractivity contribution in [2.75, 3.05) is 11.1 Å². The number of anilines is 1. The third-order valence-electron chi connectivity index (χ3n) is 4.13. The second-order valence-corrected chi connectivity index (χ2v) is 8.52. The van der Waals surface area contributed by atoms with Gasteiger partial charge in [-0.1, -0.05) is 97.1 Å². The van der Waals surface area contributed by atoms with E-state index >= 15 is 0 Å². The number of carbonyl (C=O) groups is 1. The van der Waals surface area contributed by atoms with Crippen molar-refractivity contribution in [1.82, 2.24) is 15.5 Å². The van der Waals surface area contributed by atoms with Crippen molar-refractivity contribution in [3.63, 3.8) is 0 Å². The first kappa shape index (κ1) is 20.4. The van der Waals surface area contributed by atoms with Gasteiger partial charge in [-0.3, -0.25) is 4.79 Å². The highest BCUT2D eigenvalue weighted by Crippen LogP contribution is 2.26. The molecule has 0 aliphatic rings. The van der Waals surface area contributed by atoms with E-state index in [1.165, 1.54) is 28.7 Å². The number of benzene rings is 2. The Morgan fingerprint density at radius 2 is 1.79 bits per heavy atom. The van der Waals surface area contributed by atoms with E-state index in [4.69, 9.17) is 0 Å². The molecule has 7 heteroatoms. The largest absolute Gasteiger partial charge is 0.356 e. The van der Waals surface area contributed by atoms with Gasteiger partial charge in [0.05, 0.1) is 11.8 Å². The summed E-state index contributed by atoms with van der Waals surface area (Å²) in [5, 5.41) is 15.5. The lowest BCUT2D eigenvalue weighted by Crippen LogP contribution is -2.29. The van der Waals surface area contributed by atoms with Gasteiger partial charge in [0, 0.05) is 6.54 Å². The molecular weight excluding hydrogens is 388 g/mol. The summed E-state index contributed by atoms with van der Waals surface area (Å²) in [6.07, 6.45) is 1.94. The first-order valence-corrected chi connectivity index (χ1v) is 11.1. The monoisotopic (exact) mass is 412 g/mol. The number of rotatable bonds is 10. The zero-order chi connectivity index (χ0) is 19.6. The van der Waals surface area contributed by atoms with Crippen LogP contribution in [0.1, 0.15) is 36.9 Å². The first-order chi connectivity index (χ1) is 13.7. The maximum Gasteiger partial charge on any atom is 0.230 e. The van der Waals surface area contributed by atoms with Crippen LogP contribution in [0, 0.1) is 0 Å². The number of hydrogen-bond donors (Lipinski definition) is 2. The minimum Gasteiger partial charge on any atom is -0.356 e. The van der Waals surface area contributed by atoms with Crippen molar-refractivity contribution < 1.29 is 4.79 Å². The average Bonchev–Trinajstić information content (AvgIpc) is 3.20. The fourth-order valence-electron chi connectivity index (χ4n) is 2.77. The highest BCUT2D eigenvalue weighted by atomic mass is 32.2. The molecule has 1 unspecified atom stereocenters. The second-order valence-electron chi connectivity index (χ2n) is 6.32. The Labute approximate surface area is 174 Å². The van der Waals surface area contributed by atoms with Gasteiger partial charge >= 0.3 is 0 Å². The fourth-order valence-corrected chi connectivity index (χ4v) is 4.33. The number of thioether (sulfide) groups is 1. The first-order valence-electron chi connectivity index (χ1n) is 9.33. The van der Waals surface area contributed by atoms with E-state index in [0.717, 1.165) is 27.9 Å². The molecule has 0 fully saturated rings. The summed E-state index contributed by atoms with van der Waals surface area (Å²) in [4.78, 5) is 12.4. The maximum absolute atomic E-state index is 12.4. The van der Waals surface area contributed by atoms with Crippen LogP contribution >= 0.6 is 23.1 Å². The predicted octanol–water partition coefficient (Wildman–Crippen LogP) is 4.90. The highest BCUT2D eigenvalue weighted by molar-refractivity contribution is 8.01. The molecular formula is C21H24N4OS2. The summed E-state index contributed by atoms with van der Waals surface area (Å²) in [6.45, 7) is 2.83. The van der Waals surface area contributed by atoms with Crippen molar-refractivity contribution in [3.8, 4) is 0 Å². The van der Waals surface area contributed by atoms with Crippen LogP contribution in [0.3, 0.4) is 0 Å². The van der Waals surface area contributed by atoms with Crippen LogP contribution in [0.4, 0.5) is 5.13 Å². The van der Waals surface area contributed by atoms with Crippen LogP contribution in [-0.2, 0) is 11.3 Å². The molecule has 1 amide bonds. The molecule has 2 aromatic carbocycles. The summed E-state index contributed by atoms with van der Waals surface area (Å²) in [5.74, 6) is 0.349.